The highest BCUT2D eigenvalue weighted by molar-refractivity contribution is 5.94. The van der Waals surface area contributed by atoms with E-state index in [1.807, 2.05) is 0 Å². The molecule has 1 aromatic rings. The molecule has 0 bridgehead atoms. The molecular weight excluding hydrogens is 247 g/mol. The Morgan fingerprint density at radius 2 is 1.83 bits per heavy atom. The number of rotatable bonds is 4. The minimum absolute atomic E-state index is 0.0994. The fourth-order valence-corrected chi connectivity index (χ4v) is 1.71. The summed E-state index contributed by atoms with van der Waals surface area (Å²) in [6.07, 6.45) is -4.47. The molecule has 0 heterocycles. The number of benzene rings is 1. The summed E-state index contributed by atoms with van der Waals surface area (Å²) in [6, 6.07) is 2.67. The van der Waals surface area contributed by atoms with Crippen LogP contribution >= 0.6 is 0 Å². The minimum atomic E-state index is -4.47. The molecule has 0 saturated carbocycles. The van der Waals surface area contributed by atoms with Crippen molar-refractivity contribution < 1.29 is 23.1 Å². The van der Waals surface area contributed by atoms with Gasteiger partial charge in [-0.3, -0.25) is 0 Å². The van der Waals surface area contributed by atoms with Crippen LogP contribution in [-0.2, 0) is 6.18 Å². The Hall–Kier alpha value is -1.72. The fraction of sp³-hybridized carbons (Fsp3) is 0.417. The quantitative estimate of drug-likeness (QED) is 0.904. The number of halogens is 3. The topological polar surface area (TPSA) is 40.5 Å². The van der Waals surface area contributed by atoms with E-state index in [0.717, 1.165) is 18.2 Å². The van der Waals surface area contributed by atoms with Crippen molar-refractivity contribution in [2.45, 2.75) is 20.0 Å². The molecule has 0 spiro atoms. The highest BCUT2D eigenvalue weighted by Gasteiger charge is 2.32. The smallest absolute Gasteiger partial charge is 0.416 e. The van der Waals surface area contributed by atoms with E-state index in [4.69, 9.17) is 5.11 Å². The van der Waals surface area contributed by atoms with Crippen LogP contribution in [0, 0.1) is 0 Å². The largest absolute Gasteiger partial charge is 0.478 e. The predicted molar refractivity (Wildman–Crippen MR) is 62.0 cm³/mol. The molecule has 1 aromatic carbocycles. The molecule has 6 heteroatoms. The molecule has 0 aliphatic heterocycles. The van der Waals surface area contributed by atoms with Gasteiger partial charge < -0.3 is 10.0 Å². The number of nitrogens with zero attached hydrogens (tertiary/aromatic N) is 1. The maximum Gasteiger partial charge on any atom is 0.416 e. The minimum Gasteiger partial charge on any atom is -0.478 e. The lowest BCUT2D eigenvalue weighted by molar-refractivity contribution is -0.137. The second-order valence-corrected chi connectivity index (χ2v) is 3.71. The van der Waals surface area contributed by atoms with Crippen LogP contribution in [0.3, 0.4) is 0 Å². The maximum absolute atomic E-state index is 12.6. The zero-order chi connectivity index (χ0) is 13.9. The highest BCUT2D eigenvalue weighted by Crippen LogP contribution is 2.33. The molecule has 3 nitrogen and oxygen atoms in total. The summed E-state index contributed by atoms with van der Waals surface area (Å²) in [5, 5.41) is 8.99. The molecule has 0 radical (unpaired) electrons. The van der Waals surface area contributed by atoms with Crippen LogP contribution in [0.4, 0.5) is 18.9 Å². The average Bonchev–Trinajstić information content (AvgIpc) is 2.29. The third kappa shape index (κ3) is 2.94. The lowest BCUT2D eigenvalue weighted by Crippen LogP contribution is -2.25. The van der Waals surface area contributed by atoms with Gasteiger partial charge >= 0.3 is 12.1 Å². The SMILES string of the molecule is CCN(CC)c1cc(C(F)(F)F)ccc1C(=O)O. The molecule has 1 rings (SSSR count). The van der Waals surface area contributed by atoms with Gasteiger partial charge in [-0.05, 0) is 32.0 Å². The monoisotopic (exact) mass is 261 g/mol. The second-order valence-electron chi connectivity index (χ2n) is 3.71. The van der Waals surface area contributed by atoms with Crippen molar-refractivity contribution in [2.24, 2.45) is 0 Å². The summed E-state index contributed by atoms with van der Waals surface area (Å²) in [5.74, 6) is -1.23. The average molecular weight is 261 g/mol. The Kier molecular flexibility index (Phi) is 4.21. The van der Waals surface area contributed by atoms with E-state index in [2.05, 4.69) is 0 Å². The molecule has 0 unspecified atom stereocenters. The first-order valence-electron chi connectivity index (χ1n) is 5.50. The van der Waals surface area contributed by atoms with Crippen molar-refractivity contribution in [1.29, 1.82) is 0 Å². The van der Waals surface area contributed by atoms with Gasteiger partial charge in [0, 0.05) is 13.1 Å². The third-order valence-corrected chi connectivity index (χ3v) is 2.66. The van der Waals surface area contributed by atoms with Crippen LogP contribution in [0.1, 0.15) is 29.8 Å². The molecule has 0 fully saturated rings. The number of hydrogen-bond acceptors (Lipinski definition) is 2. The number of carboxylic acids is 1. The number of alkyl halides is 3. The standard InChI is InChI=1S/C12H14F3NO2/c1-3-16(4-2)10-7-8(12(13,14)15)5-6-9(10)11(17)18/h5-7H,3-4H2,1-2H3,(H,17,18). The van der Waals surface area contributed by atoms with Crippen LogP contribution in [0.15, 0.2) is 18.2 Å². The number of hydrogen-bond donors (Lipinski definition) is 1. The van der Waals surface area contributed by atoms with Crippen LogP contribution in [-0.4, -0.2) is 24.2 Å². The maximum atomic E-state index is 12.6. The first-order chi connectivity index (χ1) is 8.31. The number of carboxylic acid groups (broad SMARTS) is 1. The van der Waals surface area contributed by atoms with E-state index < -0.39 is 17.7 Å². The van der Waals surface area contributed by atoms with Crippen molar-refractivity contribution in [3.05, 3.63) is 29.3 Å². The van der Waals surface area contributed by atoms with Gasteiger partial charge in [-0.1, -0.05) is 0 Å². The number of aromatic carboxylic acids is 1. The summed E-state index contributed by atoms with van der Waals surface area (Å²) >= 11 is 0. The van der Waals surface area contributed by atoms with Crippen molar-refractivity contribution in [3.63, 3.8) is 0 Å². The lowest BCUT2D eigenvalue weighted by atomic mass is 10.1. The van der Waals surface area contributed by atoms with E-state index in [0.29, 0.717) is 13.1 Å². The Balaban J connectivity index is 3.37. The molecule has 18 heavy (non-hydrogen) atoms. The lowest BCUT2D eigenvalue weighted by Gasteiger charge is -2.24. The van der Waals surface area contributed by atoms with Gasteiger partial charge in [0.05, 0.1) is 16.8 Å². The van der Waals surface area contributed by atoms with Gasteiger partial charge in [-0.15, -0.1) is 0 Å². The zero-order valence-corrected chi connectivity index (χ0v) is 10.1. The summed E-state index contributed by atoms with van der Waals surface area (Å²) < 4.78 is 37.8. The van der Waals surface area contributed by atoms with Crippen molar-refractivity contribution >= 4 is 11.7 Å². The molecule has 0 saturated heterocycles. The van der Waals surface area contributed by atoms with E-state index in [1.165, 1.54) is 0 Å². The highest BCUT2D eigenvalue weighted by atomic mass is 19.4. The van der Waals surface area contributed by atoms with Gasteiger partial charge in [-0.2, -0.15) is 13.2 Å². The van der Waals surface area contributed by atoms with Gasteiger partial charge in [0.25, 0.3) is 0 Å². The summed E-state index contributed by atoms with van der Waals surface area (Å²) in [6.45, 7) is 4.40. The summed E-state index contributed by atoms with van der Waals surface area (Å²) in [5.41, 5.74) is -0.858. The van der Waals surface area contributed by atoms with Crippen LogP contribution in [0.25, 0.3) is 0 Å². The Bertz CT molecular complexity index is 439. The van der Waals surface area contributed by atoms with E-state index in [-0.39, 0.29) is 11.3 Å². The Labute approximate surface area is 103 Å². The van der Waals surface area contributed by atoms with Gasteiger partial charge in [0.15, 0.2) is 0 Å². The number of anilines is 1. The van der Waals surface area contributed by atoms with E-state index in [9.17, 15) is 18.0 Å². The second kappa shape index (κ2) is 5.29. The van der Waals surface area contributed by atoms with Crippen LogP contribution in [0.5, 0.6) is 0 Å². The molecule has 1 N–H and O–H groups in total. The molecule has 0 atom stereocenters. The predicted octanol–water partition coefficient (Wildman–Crippen LogP) is 3.25. The summed E-state index contributed by atoms with van der Waals surface area (Å²) in [7, 11) is 0. The van der Waals surface area contributed by atoms with E-state index in [1.54, 1.807) is 18.7 Å². The van der Waals surface area contributed by atoms with Gasteiger partial charge in [0.2, 0.25) is 0 Å². The first-order valence-corrected chi connectivity index (χ1v) is 5.50. The fourth-order valence-electron chi connectivity index (χ4n) is 1.71. The number of carbonyl (C=O) groups is 1. The molecule has 0 aliphatic carbocycles. The van der Waals surface area contributed by atoms with Crippen molar-refractivity contribution in [2.75, 3.05) is 18.0 Å². The van der Waals surface area contributed by atoms with Crippen LogP contribution < -0.4 is 4.90 Å². The molecular formula is C12H14F3NO2. The van der Waals surface area contributed by atoms with Gasteiger partial charge in [-0.25, -0.2) is 4.79 Å². The summed E-state index contributed by atoms with van der Waals surface area (Å²) in [4.78, 5) is 12.6. The Morgan fingerprint density at radius 1 is 1.28 bits per heavy atom. The van der Waals surface area contributed by atoms with Crippen LogP contribution in [0.2, 0.25) is 0 Å². The van der Waals surface area contributed by atoms with Gasteiger partial charge in [0.1, 0.15) is 0 Å². The molecule has 0 aliphatic rings. The molecule has 0 aromatic heterocycles. The molecule has 100 valence electrons. The van der Waals surface area contributed by atoms with E-state index >= 15 is 0 Å². The van der Waals surface area contributed by atoms with Crippen molar-refractivity contribution in [3.8, 4) is 0 Å². The third-order valence-electron chi connectivity index (χ3n) is 2.66. The zero-order valence-electron chi connectivity index (χ0n) is 10.1. The Morgan fingerprint density at radius 3 is 2.22 bits per heavy atom. The van der Waals surface area contributed by atoms with Crippen molar-refractivity contribution in [1.82, 2.24) is 0 Å². The first kappa shape index (κ1) is 14.3. The normalized spacial score (nSPS) is 11.4. The molecule has 0 amide bonds.